The van der Waals surface area contributed by atoms with E-state index in [1.807, 2.05) is 0 Å². The summed E-state index contributed by atoms with van der Waals surface area (Å²) < 4.78 is 32.6. The van der Waals surface area contributed by atoms with Crippen LogP contribution in [0.15, 0.2) is 24.3 Å². The molecule has 0 heterocycles. The molecule has 0 amide bonds. The molecule has 1 aromatic rings. The van der Waals surface area contributed by atoms with Crippen molar-refractivity contribution < 1.29 is 20.6 Å². The van der Waals surface area contributed by atoms with Crippen LogP contribution >= 0.6 is 0 Å². The molecule has 0 saturated heterocycles. The minimum absolute atomic E-state index is 1.29. The molecule has 0 fully saturated rings. The van der Waals surface area contributed by atoms with Gasteiger partial charge in [0, 0.05) is 0 Å². The van der Waals surface area contributed by atoms with Gasteiger partial charge < -0.3 is 20.6 Å². The molecule has 0 bridgehead atoms. The number of hydrogen-bond acceptors (Lipinski definition) is 5. The summed E-state index contributed by atoms with van der Waals surface area (Å²) >= 11 is 0. The third kappa shape index (κ3) is 11.9. The molecule has 0 radical (unpaired) electrons. The quantitative estimate of drug-likeness (QED) is 0.306. The van der Waals surface area contributed by atoms with Crippen LogP contribution in [0.1, 0.15) is 0 Å². The van der Waals surface area contributed by atoms with Gasteiger partial charge in [0.2, 0.25) is 16.6 Å². The summed E-state index contributed by atoms with van der Waals surface area (Å²) in [6.07, 6.45) is 0. The lowest BCUT2D eigenvalue weighted by atomic mass is 10.4. The maximum atomic E-state index is 6.78. The van der Waals surface area contributed by atoms with Crippen LogP contribution in [0.2, 0.25) is 98.2 Å². The Kier molecular flexibility index (Phi) is 10.4. The Balaban J connectivity index is 2.88. The summed E-state index contributed by atoms with van der Waals surface area (Å²) in [4.78, 5) is 0. The Labute approximate surface area is 212 Å². The zero-order valence-corrected chi connectivity index (χ0v) is 31.1. The molecule has 0 N–H and O–H groups in total. The average molecular weight is 579 g/mol. The molecule has 0 aliphatic carbocycles. The summed E-state index contributed by atoms with van der Waals surface area (Å²) in [6, 6.07) is 9.03. The van der Waals surface area contributed by atoms with Gasteiger partial charge in [-0.05, 0) is 109 Å². The lowest BCUT2D eigenvalue weighted by Gasteiger charge is -2.38. The van der Waals surface area contributed by atoms with Crippen LogP contribution < -0.4 is 10.4 Å². The van der Waals surface area contributed by atoms with Gasteiger partial charge in [-0.15, -0.1) is 0 Å². The Morgan fingerprint density at radius 1 is 0.485 bits per heavy atom. The number of benzene rings is 1. The van der Waals surface area contributed by atoms with E-state index in [0.29, 0.717) is 0 Å². The SMILES string of the molecule is C[SiH](O[Si](C)(C)O[Si](C)(C)C)O[Si](C)(C)O[Si](C)(C)c1ccc([Si](C)(C)O[Si](C)(C)C)cc1. The van der Waals surface area contributed by atoms with E-state index in [1.54, 1.807) is 0 Å². The van der Waals surface area contributed by atoms with Gasteiger partial charge in [-0.3, -0.25) is 0 Å². The smallest absolute Gasteiger partial charge is 0.312 e. The van der Waals surface area contributed by atoms with Crippen molar-refractivity contribution in [2.24, 2.45) is 0 Å². The fourth-order valence-electron chi connectivity index (χ4n) is 4.38. The summed E-state index contributed by atoms with van der Waals surface area (Å²) in [5, 5.41) is 2.63. The molecule has 0 saturated carbocycles. The number of hydrogen-bond donors (Lipinski definition) is 0. The van der Waals surface area contributed by atoms with Crippen LogP contribution in [-0.2, 0) is 20.6 Å². The van der Waals surface area contributed by atoms with Crippen LogP contribution in [0.4, 0.5) is 0 Å². The molecule has 0 aliphatic rings. The zero-order valence-electron chi connectivity index (χ0n) is 23.9. The lowest BCUT2D eigenvalue weighted by Crippen LogP contribution is -2.57. The second kappa shape index (κ2) is 10.9. The Hall–Kier alpha value is 0.538. The lowest BCUT2D eigenvalue weighted by molar-refractivity contribution is 0.321. The zero-order chi connectivity index (χ0) is 26.1. The maximum absolute atomic E-state index is 6.78. The third-order valence-corrected chi connectivity index (χ3v) is 28.3. The van der Waals surface area contributed by atoms with Crippen molar-refractivity contribution in [2.75, 3.05) is 0 Å². The summed E-state index contributed by atoms with van der Waals surface area (Å²) in [7, 11) is -13.7. The Bertz CT molecular complexity index is 769. The minimum Gasteiger partial charge on any atom is -0.452 e. The van der Waals surface area contributed by atoms with Gasteiger partial charge in [0.05, 0.1) is 0 Å². The largest absolute Gasteiger partial charge is 0.452 e. The van der Waals surface area contributed by atoms with E-state index in [2.05, 4.69) is 122 Å². The van der Waals surface area contributed by atoms with E-state index < -0.39 is 59.7 Å². The fourth-order valence-corrected chi connectivity index (χ4v) is 32.5. The number of rotatable bonds is 12. The second-order valence-corrected chi connectivity index (χ2v) is 39.4. The minimum atomic E-state index is -2.36. The van der Waals surface area contributed by atoms with Crippen LogP contribution in [0.5, 0.6) is 0 Å². The van der Waals surface area contributed by atoms with Gasteiger partial charge in [0.25, 0.3) is 0 Å². The fraction of sp³-hybridized carbons (Fsp3) is 0.714. The topological polar surface area (TPSA) is 46.2 Å². The van der Waals surface area contributed by atoms with E-state index in [-0.39, 0.29) is 0 Å². The summed E-state index contributed by atoms with van der Waals surface area (Å²) in [5.74, 6) is 0. The van der Waals surface area contributed by atoms with Gasteiger partial charge in [-0.25, -0.2) is 0 Å². The van der Waals surface area contributed by atoms with Crippen molar-refractivity contribution in [1.82, 2.24) is 0 Å². The van der Waals surface area contributed by atoms with Crippen molar-refractivity contribution in [3.63, 3.8) is 0 Å². The second-order valence-electron chi connectivity index (χ2n) is 12.7. The van der Waals surface area contributed by atoms with E-state index >= 15 is 0 Å². The van der Waals surface area contributed by atoms with Crippen molar-refractivity contribution in [2.45, 2.75) is 98.2 Å². The van der Waals surface area contributed by atoms with E-state index in [4.69, 9.17) is 20.6 Å². The van der Waals surface area contributed by atoms with Gasteiger partial charge >= 0.3 is 26.4 Å². The molecule has 1 atom stereocenters. The molecule has 1 rings (SSSR count). The molecule has 0 aromatic heterocycles. The first-order valence-electron chi connectivity index (χ1n) is 12.0. The molecule has 5 nitrogen and oxygen atoms in total. The standard InChI is InChI=1S/C21H50O5Si7/c1-27(22-32(12,13)25-29(5,6)7)23-33(14,15)26-31(10,11)21-18-16-20(17-19-21)30(8,9)24-28(2,3)4/h16-19,27H,1-15H3. The predicted molar refractivity (Wildman–Crippen MR) is 161 cm³/mol. The van der Waals surface area contributed by atoms with Crippen LogP contribution in [0, 0.1) is 0 Å². The highest BCUT2D eigenvalue weighted by molar-refractivity contribution is 6.93. The molecule has 1 aromatic carbocycles. The first-order chi connectivity index (χ1) is 14.4. The van der Waals surface area contributed by atoms with Crippen molar-refractivity contribution in [3.8, 4) is 0 Å². The molecule has 12 heteroatoms. The first-order valence-corrected chi connectivity index (χ1v) is 32.4. The first kappa shape index (κ1) is 31.6. The Morgan fingerprint density at radius 3 is 1.12 bits per heavy atom. The van der Waals surface area contributed by atoms with Gasteiger partial charge in [0.1, 0.15) is 0 Å². The molecular weight excluding hydrogens is 529 g/mol. The van der Waals surface area contributed by atoms with Gasteiger partial charge in [-0.2, -0.15) is 0 Å². The van der Waals surface area contributed by atoms with Crippen LogP contribution in [-0.4, -0.2) is 59.7 Å². The van der Waals surface area contributed by atoms with E-state index in [0.717, 1.165) is 0 Å². The highest BCUT2D eigenvalue weighted by atomic mass is 28.5. The van der Waals surface area contributed by atoms with Crippen molar-refractivity contribution in [1.29, 1.82) is 0 Å². The molecule has 0 aliphatic heterocycles. The van der Waals surface area contributed by atoms with Crippen LogP contribution in [0.25, 0.3) is 0 Å². The predicted octanol–water partition coefficient (Wildman–Crippen LogP) is 5.52. The third-order valence-electron chi connectivity index (χ3n) is 4.79. The molecule has 192 valence electrons. The van der Waals surface area contributed by atoms with Crippen molar-refractivity contribution >= 4 is 70.0 Å². The highest BCUT2D eigenvalue weighted by Crippen LogP contribution is 2.21. The van der Waals surface area contributed by atoms with Gasteiger partial charge in [0.15, 0.2) is 16.6 Å². The summed E-state index contributed by atoms with van der Waals surface area (Å²) in [6.45, 7) is 33.2. The Morgan fingerprint density at radius 2 is 0.788 bits per heavy atom. The summed E-state index contributed by atoms with van der Waals surface area (Å²) in [5.41, 5.74) is 0. The average Bonchev–Trinajstić information content (AvgIpc) is 2.47. The van der Waals surface area contributed by atoms with Gasteiger partial charge in [-0.1, -0.05) is 24.3 Å². The molecular formula is C21H50O5Si7. The monoisotopic (exact) mass is 578 g/mol. The molecule has 0 spiro atoms. The van der Waals surface area contributed by atoms with E-state index in [1.165, 1.54) is 10.4 Å². The van der Waals surface area contributed by atoms with Crippen LogP contribution in [0.3, 0.4) is 0 Å². The van der Waals surface area contributed by atoms with Crippen molar-refractivity contribution in [3.05, 3.63) is 24.3 Å². The normalized spacial score (nSPS) is 15.6. The van der Waals surface area contributed by atoms with E-state index in [9.17, 15) is 0 Å². The molecule has 33 heavy (non-hydrogen) atoms. The maximum Gasteiger partial charge on any atom is 0.312 e. The molecule has 1 unspecified atom stereocenters. The highest BCUT2D eigenvalue weighted by Gasteiger charge is 2.40.